The molecule has 2 N–H and O–H groups in total. The molecular weight excluding hydrogens is 267 g/mol. The summed E-state index contributed by atoms with van der Waals surface area (Å²) in [6.45, 7) is 1.59. The Kier molecular flexibility index (Phi) is 4.72. The van der Waals surface area contributed by atoms with E-state index in [1.54, 1.807) is 6.92 Å². The van der Waals surface area contributed by atoms with Crippen LogP contribution in [0.5, 0.6) is 0 Å². The first-order valence-electron chi connectivity index (χ1n) is 4.75. The Morgan fingerprint density at radius 3 is 2.65 bits per heavy atom. The first-order chi connectivity index (χ1) is 7.90. The molecule has 1 atom stereocenters. The predicted octanol–water partition coefficient (Wildman–Crippen LogP) is 1.98. The minimum Gasteiger partial charge on any atom is -0.481 e. The number of carboxylic acid groups (broad SMARTS) is 1. The zero-order valence-electron chi connectivity index (χ0n) is 8.91. The van der Waals surface area contributed by atoms with Crippen LogP contribution >= 0.6 is 23.2 Å². The number of carboxylic acids is 1. The van der Waals surface area contributed by atoms with Gasteiger partial charge in [0, 0.05) is 6.04 Å². The van der Waals surface area contributed by atoms with E-state index in [-0.39, 0.29) is 22.3 Å². The Morgan fingerprint density at radius 1 is 1.47 bits per heavy atom. The Hall–Kier alpha value is -1.33. The zero-order chi connectivity index (χ0) is 13.0. The van der Waals surface area contributed by atoms with Crippen LogP contribution in [0, 0.1) is 0 Å². The third kappa shape index (κ3) is 4.20. The topological polar surface area (TPSA) is 79.3 Å². The summed E-state index contributed by atoms with van der Waals surface area (Å²) in [6.07, 6.45) is -0.162. The number of nitrogens with one attached hydrogen (secondary N) is 1. The molecule has 0 saturated carbocycles. The highest BCUT2D eigenvalue weighted by Gasteiger charge is 2.15. The van der Waals surface area contributed by atoms with Gasteiger partial charge < -0.3 is 10.4 Å². The van der Waals surface area contributed by atoms with Crippen molar-refractivity contribution < 1.29 is 14.7 Å². The minimum absolute atomic E-state index is 0.0162. The van der Waals surface area contributed by atoms with E-state index in [4.69, 9.17) is 28.3 Å². The number of amides is 1. The molecule has 0 aliphatic rings. The SMILES string of the molecule is CC(CC(=O)O)NC(=O)c1ccc(Cl)nc1Cl. The number of rotatable bonds is 4. The average Bonchev–Trinajstić information content (AvgIpc) is 2.15. The van der Waals surface area contributed by atoms with Crippen molar-refractivity contribution in [1.82, 2.24) is 10.3 Å². The molecule has 0 aliphatic heterocycles. The van der Waals surface area contributed by atoms with Crippen molar-refractivity contribution in [2.45, 2.75) is 19.4 Å². The summed E-state index contributed by atoms with van der Waals surface area (Å²) in [7, 11) is 0. The summed E-state index contributed by atoms with van der Waals surface area (Å²) < 4.78 is 0. The minimum atomic E-state index is -0.988. The van der Waals surface area contributed by atoms with E-state index in [2.05, 4.69) is 10.3 Å². The molecule has 1 unspecified atom stereocenters. The van der Waals surface area contributed by atoms with Crippen molar-refractivity contribution in [2.24, 2.45) is 0 Å². The molecule has 0 bridgehead atoms. The maximum Gasteiger partial charge on any atom is 0.305 e. The van der Waals surface area contributed by atoms with E-state index in [1.807, 2.05) is 0 Å². The summed E-state index contributed by atoms with van der Waals surface area (Å²) in [5.41, 5.74) is 0.160. The second-order valence-corrected chi connectivity index (χ2v) is 4.19. The molecule has 1 amide bonds. The molecule has 7 heteroatoms. The van der Waals surface area contributed by atoms with Crippen LogP contribution in [0.4, 0.5) is 0 Å². The number of aliphatic carboxylic acids is 1. The first kappa shape index (κ1) is 13.7. The van der Waals surface area contributed by atoms with Gasteiger partial charge in [0.05, 0.1) is 12.0 Å². The van der Waals surface area contributed by atoms with Crippen molar-refractivity contribution >= 4 is 35.1 Å². The smallest absolute Gasteiger partial charge is 0.305 e. The molecule has 17 heavy (non-hydrogen) atoms. The van der Waals surface area contributed by atoms with Gasteiger partial charge in [-0.1, -0.05) is 23.2 Å². The van der Waals surface area contributed by atoms with Crippen LogP contribution in [-0.2, 0) is 4.79 Å². The lowest BCUT2D eigenvalue weighted by molar-refractivity contribution is -0.137. The van der Waals surface area contributed by atoms with Crippen LogP contribution in [0.15, 0.2) is 12.1 Å². The lowest BCUT2D eigenvalue weighted by Crippen LogP contribution is -2.34. The maximum atomic E-state index is 11.7. The van der Waals surface area contributed by atoms with Crippen LogP contribution in [0.1, 0.15) is 23.7 Å². The van der Waals surface area contributed by atoms with Gasteiger partial charge in [-0.25, -0.2) is 4.98 Å². The van der Waals surface area contributed by atoms with Gasteiger partial charge >= 0.3 is 5.97 Å². The van der Waals surface area contributed by atoms with Gasteiger partial charge in [-0.05, 0) is 19.1 Å². The molecule has 0 fully saturated rings. The van der Waals surface area contributed by atoms with Crippen molar-refractivity contribution in [3.8, 4) is 0 Å². The molecule has 0 aromatic carbocycles. The number of hydrogen-bond acceptors (Lipinski definition) is 3. The fourth-order valence-electron chi connectivity index (χ4n) is 1.20. The predicted molar refractivity (Wildman–Crippen MR) is 63.4 cm³/mol. The number of nitrogens with zero attached hydrogens (tertiary/aromatic N) is 1. The summed E-state index contributed by atoms with van der Waals surface area (Å²) in [4.78, 5) is 25.8. The monoisotopic (exact) mass is 276 g/mol. The van der Waals surface area contributed by atoms with E-state index in [1.165, 1.54) is 12.1 Å². The summed E-state index contributed by atoms with van der Waals surface area (Å²) in [5, 5.41) is 11.2. The lowest BCUT2D eigenvalue weighted by Gasteiger charge is -2.11. The van der Waals surface area contributed by atoms with Gasteiger partial charge in [0.2, 0.25) is 0 Å². The number of aromatic nitrogens is 1. The second kappa shape index (κ2) is 5.84. The van der Waals surface area contributed by atoms with E-state index < -0.39 is 17.9 Å². The molecular formula is C10H10Cl2N2O3. The fraction of sp³-hybridized carbons (Fsp3) is 0.300. The van der Waals surface area contributed by atoms with Gasteiger partial charge in [0.25, 0.3) is 5.91 Å². The number of carbonyl (C=O) groups is 2. The molecule has 1 rings (SSSR count). The number of carbonyl (C=O) groups excluding carboxylic acids is 1. The fourth-order valence-corrected chi connectivity index (χ4v) is 1.63. The number of pyridine rings is 1. The summed E-state index contributed by atoms with van der Waals surface area (Å²) >= 11 is 11.3. The van der Waals surface area contributed by atoms with Gasteiger partial charge in [0.1, 0.15) is 10.3 Å². The highest BCUT2D eigenvalue weighted by atomic mass is 35.5. The molecule has 1 heterocycles. The standard InChI is InChI=1S/C10H10Cl2N2O3/c1-5(4-8(15)16)13-10(17)6-2-3-7(11)14-9(6)12/h2-3,5H,4H2,1H3,(H,13,17)(H,15,16). The largest absolute Gasteiger partial charge is 0.481 e. The van der Waals surface area contributed by atoms with Crippen LogP contribution in [-0.4, -0.2) is 28.0 Å². The van der Waals surface area contributed by atoms with Crippen LogP contribution in [0.3, 0.4) is 0 Å². The molecule has 1 aromatic rings. The highest BCUT2D eigenvalue weighted by molar-refractivity contribution is 6.34. The maximum absolute atomic E-state index is 11.7. The Labute approximate surface area is 108 Å². The van der Waals surface area contributed by atoms with E-state index >= 15 is 0 Å². The highest BCUT2D eigenvalue weighted by Crippen LogP contribution is 2.16. The molecule has 0 spiro atoms. The second-order valence-electron chi connectivity index (χ2n) is 3.44. The van der Waals surface area contributed by atoms with Crippen LogP contribution < -0.4 is 5.32 Å². The third-order valence-electron chi connectivity index (χ3n) is 1.92. The zero-order valence-corrected chi connectivity index (χ0v) is 10.4. The van der Waals surface area contributed by atoms with Crippen molar-refractivity contribution in [3.05, 3.63) is 28.0 Å². The molecule has 0 radical (unpaired) electrons. The van der Waals surface area contributed by atoms with Gasteiger partial charge in [-0.15, -0.1) is 0 Å². The number of halogens is 2. The Morgan fingerprint density at radius 2 is 2.12 bits per heavy atom. The van der Waals surface area contributed by atoms with Crippen LogP contribution in [0.2, 0.25) is 10.3 Å². The first-order valence-corrected chi connectivity index (χ1v) is 5.50. The molecule has 5 nitrogen and oxygen atoms in total. The number of hydrogen-bond donors (Lipinski definition) is 2. The van der Waals surface area contributed by atoms with Crippen molar-refractivity contribution in [3.63, 3.8) is 0 Å². The molecule has 1 aromatic heterocycles. The average molecular weight is 277 g/mol. The van der Waals surface area contributed by atoms with E-state index in [0.29, 0.717) is 0 Å². The quantitative estimate of drug-likeness (QED) is 0.825. The lowest BCUT2D eigenvalue weighted by atomic mass is 10.2. The Balaban J connectivity index is 2.73. The Bertz CT molecular complexity index is 451. The summed E-state index contributed by atoms with van der Waals surface area (Å²) in [6, 6.07) is 2.37. The van der Waals surface area contributed by atoms with Gasteiger partial charge in [-0.2, -0.15) is 0 Å². The van der Waals surface area contributed by atoms with Gasteiger partial charge in [-0.3, -0.25) is 9.59 Å². The van der Waals surface area contributed by atoms with Crippen LogP contribution in [0.25, 0.3) is 0 Å². The third-order valence-corrected chi connectivity index (χ3v) is 2.42. The van der Waals surface area contributed by atoms with Gasteiger partial charge in [0.15, 0.2) is 0 Å². The van der Waals surface area contributed by atoms with E-state index in [9.17, 15) is 9.59 Å². The molecule has 0 aliphatic carbocycles. The molecule has 0 saturated heterocycles. The van der Waals surface area contributed by atoms with Crippen molar-refractivity contribution in [1.29, 1.82) is 0 Å². The van der Waals surface area contributed by atoms with Crippen molar-refractivity contribution in [2.75, 3.05) is 0 Å². The summed E-state index contributed by atoms with van der Waals surface area (Å²) in [5.74, 6) is -1.47. The van der Waals surface area contributed by atoms with E-state index in [0.717, 1.165) is 0 Å². The molecule has 92 valence electrons. The normalized spacial score (nSPS) is 11.9.